The second-order valence-corrected chi connectivity index (χ2v) is 7.91. The molecule has 3 N–H and O–H groups in total. The fourth-order valence-electron chi connectivity index (χ4n) is 1.96. The number of hydrogen-bond donors (Lipinski definition) is 2. The number of esters is 1. The van der Waals surface area contributed by atoms with Crippen LogP contribution in [-0.2, 0) is 14.6 Å². The lowest BCUT2D eigenvalue weighted by atomic mass is 9.93. The summed E-state index contributed by atoms with van der Waals surface area (Å²) in [5, 5.41) is 3.63. The highest BCUT2D eigenvalue weighted by Gasteiger charge is 2.31. The number of rotatable bonds is 5. The summed E-state index contributed by atoms with van der Waals surface area (Å²) in [4.78, 5) is 11.8. The molecule has 1 aromatic heterocycles. The van der Waals surface area contributed by atoms with E-state index >= 15 is 0 Å². The summed E-state index contributed by atoms with van der Waals surface area (Å²) < 4.78 is 29.0. The van der Waals surface area contributed by atoms with Crippen molar-refractivity contribution < 1.29 is 17.9 Å². The smallest absolute Gasteiger partial charge is 0.350 e. The van der Waals surface area contributed by atoms with Crippen LogP contribution in [0.3, 0.4) is 0 Å². The van der Waals surface area contributed by atoms with Gasteiger partial charge in [0.1, 0.15) is 14.8 Å². The molecule has 0 amide bonds. The molecule has 0 aliphatic heterocycles. The van der Waals surface area contributed by atoms with Gasteiger partial charge in [-0.3, -0.25) is 0 Å². The van der Waals surface area contributed by atoms with Crippen molar-refractivity contribution in [3.63, 3.8) is 0 Å². The zero-order valence-electron chi connectivity index (χ0n) is 11.4. The van der Waals surface area contributed by atoms with Gasteiger partial charge in [0, 0.05) is 6.04 Å². The van der Waals surface area contributed by atoms with Gasteiger partial charge in [-0.15, -0.1) is 11.3 Å². The summed E-state index contributed by atoms with van der Waals surface area (Å²) in [5.74, 6) is -0.671. The number of hydrogen-bond acceptors (Lipinski definition) is 7. The van der Waals surface area contributed by atoms with Crippen molar-refractivity contribution in [2.75, 3.05) is 23.9 Å². The van der Waals surface area contributed by atoms with E-state index in [1.807, 2.05) is 0 Å². The number of thiophene rings is 1. The topological polar surface area (TPSA) is 98.5 Å². The Hall–Kier alpha value is -1.28. The van der Waals surface area contributed by atoms with Crippen molar-refractivity contribution in [3.05, 3.63) is 4.88 Å². The van der Waals surface area contributed by atoms with E-state index in [-0.39, 0.29) is 27.3 Å². The Morgan fingerprint density at radius 3 is 2.60 bits per heavy atom. The molecule has 1 aliphatic rings. The first kappa shape index (κ1) is 15.1. The van der Waals surface area contributed by atoms with E-state index < -0.39 is 15.8 Å². The van der Waals surface area contributed by atoms with Crippen LogP contribution in [0.1, 0.15) is 35.9 Å². The summed E-state index contributed by atoms with van der Waals surface area (Å²) in [6.45, 7) is 1.55. The first-order valence-corrected chi connectivity index (χ1v) is 8.87. The molecule has 0 unspecified atom stereocenters. The molecule has 1 saturated carbocycles. The van der Waals surface area contributed by atoms with E-state index in [1.54, 1.807) is 6.92 Å². The molecular formula is C12H18N2O4S2. The second-order valence-electron chi connectivity index (χ2n) is 4.67. The number of anilines is 2. The number of nitrogens with two attached hydrogens (primary N) is 1. The third-order valence-corrected chi connectivity index (χ3v) is 6.45. The minimum absolute atomic E-state index is 0.00877. The van der Waals surface area contributed by atoms with Gasteiger partial charge < -0.3 is 15.8 Å². The standard InChI is InChI=1S/C12H18N2O4S2/c1-3-20(16,17)10-8(13)9(12(15)18-2)19-11(10)14-7-5-4-6-7/h7,14H,3-6,13H2,1-2H3. The molecular weight excluding hydrogens is 300 g/mol. The van der Waals surface area contributed by atoms with Crippen LogP contribution < -0.4 is 11.1 Å². The average molecular weight is 318 g/mol. The van der Waals surface area contributed by atoms with E-state index in [0.29, 0.717) is 5.00 Å². The van der Waals surface area contributed by atoms with Gasteiger partial charge in [0.15, 0.2) is 9.84 Å². The average Bonchev–Trinajstić information content (AvgIpc) is 2.70. The van der Waals surface area contributed by atoms with Gasteiger partial charge >= 0.3 is 5.97 Å². The zero-order valence-corrected chi connectivity index (χ0v) is 13.1. The van der Waals surface area contributed by atoms with Crippen molar-refractivity contribution >= 4 is 37.8 Å². The van der Waals surface area contributed by atoms with E-state index in [1.165, 1.54) is 7.11 Å². The molecule has 0 bridgehead atoms. The highest BCUT2D eigenvalue weighted by Crippen LogP contribution is 2.41. The van der Waals surface area contributed by atoms with Crippen LogP contribution in [0, 0.1) is 0 Å². The number of nitrogens with one attached hydrogen (secondary N) is 1. The molecule has 1 aliphatic carbocycles. The van der Waals surface area contributed by atoms with Crippen molar-refractivity contribution in [3.8, 4) is 0 Å². The first-order valence-electron chi connectivity index (χ1n) is 6.40. The molecule has 0 spiro atoms. The number of carbonyl (C=O) groups excluding carboxylic acids is 1. The normalized spacial score (nSPS) is 15.7. The van der Waals surface area contributed by atoms with Crippen molar-refractivity contribution in [2.45, 2.75) is 37.1 Å². The molecule has 6 nitrogen and oxygen atoms in total. The molecule has 112 valence electrons. The Balaban J connectivity index is 2.49. The summed E-state index contributed by atoms with van der Waals surface area (Å²) in [6, 6.07) is 0.254. The van der Waals surface area contributed by atoms with E-state index in [4.69, 9.17) is 5.73 Å². The van der Waals surface area contributed by atoms with Gasteiger partial charge in [-0.25, -0.2) is 13.2 Å². The molecule has 20 heavy (non-hydrogen) atoms. The lowest BCUT2D eigenvalue weighted by Gasteiger charge is -2.27. The summed E-state index contributed by atoms with van der Waals surface area (Å²) in [5.41, 5.74) is 5.86. The minimum Gasteiger partial charge on any atom is -0.465 e. The fourth-order valence-corrected chi connectivity index (χ4v) is 4.61. The molecule has 0 saturated heterocycles. The number of nitrogen functional groups attached to an aromatic ring is 1. The molecule has 8 heteroatoms. The number of carbonyl (C=O) groups is 1. The second kappa shape index (κ2) is 5.61. The highest BCUT2D eigenvalue weighted by atomic mass is 32.2. The van der Waals surface area contributed by atoms with Gasteiger partial charge in [-0.05, 0) is 19.3 Å². The SMILES string of the molecule is CCS(=O)(=O)c1c(NC2CCC2)sc(C(=O)OC)c1N. The Morgan fingerprint density at radius 1 is 1.50 bits per heavy atom. The lowest BCUT2D eigenvalue weighted by Crippen LogP contribution is -2.27. The predicted molar refractivity (Wildman–Crippen MR) is 79.1 cm³/mol. The summed E-state index contributed by atoms with van der Waals surface area (Å²) in [6.07, 6.45) is 3.12. The third-order valence-electron chi connectivity index (χ3n) is 3.40. The summed E-state index contributed by atoms with van der Waals surface area (Å²) >= 11 is 1.05. The van der Waals surface area contributed by atoms with Crippen LogP contribution >= 0.6 is 11.3 Å². The quantitative estimate of drug-likeness (QED) is 0.804. The van der Waals surface area contributed by atoms with E-state index in [9.17, 15) is 13.2 Å². The van der Waals surface area contributed by atoms with Crippen LogP contribution in [0.25, 0.3) is 0 Å². The Morgan fingerprint density at radius 2 is 2.15 bits per heavy atom. The predicted octanol–water partition coefficient (Wildman–Crippen LogP) is 1.87. The van der Waals surface area contributed by atoms with Crippen molar-refractivity contribution in [1.82, 2.24) is 0 Å². The first-order chi connectivity index (χ1) is 9.40. The zero-order chi connectivity index (χ0) is 14.9. The monoisotopic (exact) mass is 318 g/mol. The Labute approximate surface area is 122 Å². The van der Waals surface area contributed by atoms with Gasteiger partial charge in [-0.2, -0.15) is 0 Å². The molecule has 0 atom stereocenters. The fraction of sp³-hybridized carbons (Fsp3) is 0.583. The molecule has 1 fully saturated rings. The van der Waals surface area contributed by atoms with Crippen LogP contribution in [0.15, 0.2) is 4.90 Å². The molecule has 2 rings (SSSR count). The maximum atomic E-state index is 12.2. The Bertz CT molecular complexity index is 618. The Kier molecular flexibility index (Phi) is 4.24. The maximum absolute atomic E-state index is 12.2. The molecule has 1 heterocycles. The van der Waals surface area contributed by atoms with Crippen molar-refractivity contribution in [1.29, 1.82) is 0 Å². The largest absolute Gasteiger partial charge is 0.465 e. The van der Waals surface area contributed by atoms with Crippen LogP contribution in [0.4, 0.5) is 10.7 Å². The van der Waals surface area contributed by atoms with Gasteiger partial charge in [0.2, 0.25) is 0 Å². The third kappa shape index (κ3) is 2.62. The maximum Gasteiger partial charge on any atom is 0.350 e. The lowest BCUT2D eigenvalue weighted by molar-refractivity contribution is 0.0607. The highest BCUT2D eigenvalue weighted by molar-refractivity contribution is 7.91. The van der Waals surface area contributed by atoms with Crippen molar-refractivity contribution in [2.24, 2.45) is 0 Å². The van der Waals surface area contributed by atoms with E-state index in [2.05, 4.69) is 10.1 Å². The minimum atomic E-state index is -3.50. The molecule has 1 aromatic rings. The molecule has 0 radical (unpaired) electrons. The number of sulfone groups is 1. The number of methoxy groups -OCH3 is 1. The van der Waals surface area contributed by atoms with Crippen LogP contribution in [-0.4, -0.2) is 33.3 Å². The van der Waals surface area contributed by atoms with Gasteiger partial charge in [0.05, 0.1) is 18.6 Å². The van der Waals surface area contributed by atoms with Gasteiger partial charge in [0.25, 0.3) is 0 Å². The van der Waals surface area contributed by atoms with Gasteiger partial charge in [-0.1, -0.05) is 6.92 Å². The molecule has 0 aromatic carbocycles. The van der Waals surface area contributed by atoms with E-state index in [0.717, 1.165) is 30.6 Å². The number of ether oxygens (including phenoxy) is 1. The van der Waals surface area contributed by atoms with Crippen LogP contribution in [0.5, 0.6) is 0 Å². The summed E-state index contributed by atoms with van der Waals surface area (Å²) in [7, 11) is -2.25. The van der Waals surface area contributed by atoms with Crippen LogP contribution in [0.2, 0.25) is 0 Å².